The Kier molecular flexibility index (Phi) is 11.0. The predicted molar refractivity (Wildman–Crippen MR) is 93.5 cm³/mol. The molecule has 0 aromatic carbocycles. The number of carbonyl (C=O) groups is 3. The highest BCUT2D eigenvalue weighted by atomic mass is 16.4. The second-order valence-corrected chi connectivity index (χ2v) is 6.65. The van der Waals surface area contributed by atoms with E-state index < -0.39 is 42.0 Å². The van der Waals surface area contributed by atoms with Crippen molar-refractivity contribution < 1.29 is 24.6 Å². The number of hydrogen-bond acceptors (Lipinski definition) is 6. The van der Waals surface area contributed by atoms with Gasteiger partial charge in [0.05, 0.1) is 12.1 Å². The molecule has 146 valence electrons. The maximum absolute atomic E-state index is 12.3. The highest BCUT2D eigenvalue weighted by Crippen LogP contribution is 2.05. The summed E-state index contributed by atoms with van der Waals surface area (Å²) >= 11 is 0. The van der Waals surface area contributed by atoms with Gasteiger partial charge in [-0.15, -0.1) is 0 Å². The van der Waals surface area contributed by atoms with Crippen LogP contribution < -0.4 is 22.1 Å². The van der Waals surface area contributed by atoms with Crippen molar-refractivity contribution in [2.75, 3.05) is 6.54 Å². The number of aliphatic carboxylic acids is 1. The van der Waals surface area contributed by atoms with Gasteiger partial charge in [-0.2, -0.15) is 0 Å². The van der Waals surface area contributed by atoms with E-state index in [0.717, 1.165) is 0 Å². The van der Waals surface area contributed by atoms with Gasteiger partial charge in [0.15, 0.2) is 0 Å². The van der Waals surface area contributed by atoms with E-state index in [1.807, 2.05) is 13.8 Å². The zero-order chi connectivity index (χ0) is 19.6. The normalized spacial score (nSPS) is 16.0. The summed E-state index contributed by atoms with van der Waals surface area (Å²) in [6.07, 6.45) is 0.621. The minimum absolute atomic E-state index is 0.193. The summed E-state index contributed by atoms with van der Waals surface area (Å²) in [4.78, 5) is 35.6. The molecule has 0 saturated heterocycles. The van der Waals surface area contributed by atoms with E-state index in [2.05, 4.69) is 10.6 Å². The van der Waals surface area contributed by atoms with Crippen LogP contribution in [0, 0.1) is 5.92 Å². The molecule has 4 atom stereocenters. The number of amides is 2. The Labute approximate surface area is 148 Å². The minimum Gasteiger partial charge on any atom is -0.480 e. The van der Waals surface area contributed by atoms with E-state index in [1.165, 1.54) is 6.92 Å². The van der Waals surface area contributed by atoms with Gasteiger partial charge in [-0.25, -0.2) is 4.79 Å². The van der Waals surface area contributed by atoms with Crippen LogP contribution in [0.2, 0.25) is 0 Å². The summed E-state index contributed by atoms with van der Waals surface area (Å²) in [7, 11) is 0. The van der Waals surface area contributed by atoms with Crippen LogP contribution in [0.3, 0.4) is 0 Å². The molecule has 0 spiro atoms. The summed E-state index contributed by atoms with van der Waals surface area (Å²) < 4.78 is 0. The van der Waals surface area contributed by atoms with Gasteiger partial charge in [0, 0.05) is 0 Å². The van der Waals surface area contributed by atoms with Gasteiger partial charge in [-0.1, -0.05) is 13.8 Å². The zero-order valence-electron chi connectivity index (χ0n) is 15.2. The summed E-state index contributed by atoms with van der Waals surface area (Å²) in [6.45, 7) is 5.58. The van der Waals surface area contributed by atoms with Crippen LogP contribution in [0.1, 0.15) is 46.5 Å². The number of carboxylic acids is 1. The van der Waals surface area contributed by atoms with Gasteiger partial charge in [0.1, 0.15) is 12.1 Å². The number of nitrogens with two attached hydrogens (primary N) is 2. The van der Waals surface area contributed by atoms with E-state index >= 15 is 0 Å². The number of unbranched alkanes of at least 4 members (excludes halogenated alkanes) is 1. The fourth-order valence-electron chi connectivity index (χ4n) is 2.29. The highest BCUT2D eigenvalue weighted by molar-refractivity contribution is 5.92. The Morgan fingerprint density at radius 2 is 1.64 bits per heavy atom. The molecule has 0 aliphatic heterocycles. The Morgan fingerprint density at radius 1 is 1.04 bits per heavy atom. The van der Waals surface area contributed by atoms with Crippen LogP contribution in [0.15, 0.2) is 0 Å². The SMILES string of the molecule is CC(C)C[C@H](N)C(=O)N[C@H](C(=O)N[C@@H](CCCCN)C(=O)O)[C@@H](C)O. The molecule has 0 saturated carbocycles. The number of rotatable bonds is 12. The van der Waals surface area contributed by atoms with Crippen LogP contribution in [0.4, 0.5) is 0 Å². The van der Waals surface area contributed by atoms with Crippen LogP contribution in [0.25, 0.3) is 0 Å². The first-order valence-electron chi connectivity index (χ1n) is 8.57. The standard InChI is InChI=1S/C16H32N4O5/c1-9(2)8-11(18)14(22)20-13(10(3)21)15(23)19-12(16(24)25)6-4-5-7-17/h9-13,21H,4-8,17-18H2,1-3H3,(H,19,23)(H,20,22)(H,24,25)/t10-,11+,12+,13+/m1/s1. The summed E-state index contributed by atoms with van der Waals surface area (Å²) in [5, 5.41) is 23.7. The van der Waals surface area contributed by atoms with E-state index in [4.69, 9.17) is 11.5 Å². The van der Waals surface area contributed by atoms with E-state index in [9.17, 15) is 24.6 Å². The topological polar surface area (TPSA) is 168 Å². The number of nitrogens with one attached hydrogen (secondary N) is 2. The van der Waals surface area contributed by atoms with E-state index in [-0.39, 0.29) is 12.3 Å². The zero-order valence-corrected chi connectivity index (χ0v) is 15.2. The maximum atomic E-state index is 12.3. The number of hydrogen-bond donors (Lipinski definition) is 6. The molecule has 0 aromatic rings. The molecule has 8 N–H and O–H groups in total. The molecule has 0 radical (unpaired) electrons. The van der Waals surface area contributed by atoms with Gasteiger partial charge in [0.25, 0.3) is 0 Å². The summed E-state index contributed by atoms with van der Waals surface area (Å²) in [5.74, 6) is -2.32. The molecule has 0 rings (SSSR count). The molecule has 0 aliphatic carbocycles. The second kappa shape index (κ2) is 11.8. The first-order valence-corrected chi connectivity index (χ1v) is 8.57. The van der Waals surface area contributed by atoms with Crippen LogP contribution in [-0.2, 0) is 14.4 Å². The molecular formula is C16H32N4O5. The Morgan fingerprint density at radius 3 is 2.08 bits per heavy atom. The molecular weight excluding hydrogens is 328 g/mol. The molecule has 0 fully saturated rings. The lowest BCUT2D eigenvalue weighted by Crippen LogP contribution is -2.58. The fourth-order valence-corrected chi connectivity index (χ4v) is 2.29. The first kappa shape index (κ1) is 23.3. The lowest BCUT2D eigenvalue weighted by atomic mass is 10.0. The predicted octanol–water partition coefficient (Wildman–Crippen LogP) is -1.08. The van der Waals surface area contributed by atoms with Gasteiger partial charge in [0.2, 0.25) is 11.8 Å². The molecule has 0 bridgehead atoms. The molecule has 0 heterocycles. The molecule has 9 heteroatoms. The Hall–Kier alpha value is -1.71. The lowest BCUT2D eigenvalue weighted by molar-refractivity contribution is -0.143. The first-order chi connectivity index (χ1) is 11.6. The average Bonchev–Trinajstić information content (AvgIpc) is 2.50. The van der Waals surface area contributed by atoms with Crippen molar-refractivity contribution in [2.24, 2.45) is 17.4 Å². The molecule has 9 nitrogen and oxygen atoms in total. The van der Waals surface area contributed by atoms with Gasteiger partial charge in [-0.05, 0) is 45.1 Å². The molecule has 0 aliphatic rings. The smallest absolute Gasteiger partial charge is 0.326 e. The third-order valence-corrected chi connectivity index (χ3v) is 3.69. The van der Waals surface area contributed by atoms with Crippen molar-refractivity contribution in [2.45, 2.75) is 70.7 Å². The van der Waals surface area contributed by atoms with Crippen molar-refractivity contribution in [1.29, 1.82) is 0 Å². The average molecular weight is 360 g/mol. The largest absolute Gasteiger partial charge is 0.480 e. The van der Waals surface area contributed by atoms with Crippen molar-refractivity contribution in [1.82, 2.24) is 10.6 Å². The molecule has 0 aromatic heterocycles. The van der Waals surface area contributed by atoms with Gasteiger partial charge < -0.3 is 32.3 Å². The number of aliphatic hydroxyl groups is 1. The van der Waals surface area contributed by atoms with Gasteiger partial charge in [-0.3, -0.25) is 9.59 Å². The molecule has 0 unspecified atom stereocenters. The third kappa shape index (κ3) is 9.37. The monoisotopic (exact) mass is 360 g/mol. The maximum Gasteiger partial charge on any atom is 0.326 e. The number of carbonyl (C=O) groups excluding carboxylic acids is 2. The minimum atomic E-state index is -1.28. The van der Waals surface area contributed by atoms with Gasteiger partial charge >= 0.3 is 5.97 Å². The van der Waals surface area contributed by atoms with Crippen molar-refractivity contribution in [3.8, 4) is 0 Å². The second-order valence-electron chi connectivity index (χ2n) is 6.65. The third-order valence-electron chi connectivity index (χ3n) is 3.69. The Bertz CT molecular complexity index is 442. The fraction of sp³-hybridized carbons (Fsp3) is 0.812. The van der Waals surface area contributed by atoms with Crippen molar-refractivity contribution in [3.05, 3.63) is 0 Å². The summed E-state index contributed by atoms with van der Waals surface area (Å²) in [5.41, 5.74) is 11.1. The number of carboxylic acid groups (broad SMARTS) is 1. The highest BCUT2D eigenvalue weighted by Gasteiger charge is 2.30. The lowest BCUT2D eigenvalue weighted by Gasteiger charge is -2.25. The number of aliphatic hydroxyl groups excluding tert-OH is 1. The Balaban J connectivity index is 4.86. The van der Waals surface area contributed by atoms with E-state index in [1.54, 1.807) is 0 Å². The van der Waals surface area contributed by atoms with Crippen LogP contribution in [0.5, 0.6) is 0 Å². The summed E-state index contributed by atoms with van der Waals surface area (Å²) in [6, 6.07) is -3.20. The molecule has 2 amide bonds. The van der Waals surface area contributed by atoms with E-state index in [0.29, 0.717) is 25.8 Å². The molecule has 25 heavy (non-hydrogen) atoms. The van der Waals surface area contributed by atoms with Crippen LogP contribution >= 0.6 is 0 Å². The quantitative estimate of drug-likeness (QED) is 0.241. The van der Waals surface area contributed by atoms with Crippen LogP contribution in [-0.4, -0.2) is 58.8 Å². The van der Waals surface area contributed by atoms with Crippen molar-refractivity contribution in [3.63, 3.8) is 0 Å². The van der Waals surface area contributed by atoms with Crippen molar-refractivity contribution >= 4 is 17.8 Å².